The largest absolute Gasteiger partial charge is 0.244 e. The summed E-state index contributed by atoms with van der Waals surface area (Å²) in [5.74, 6) is 0. The van der Waals surface area contributed by atoms with Crippen molar-refractivity contribution in [3.8, 4) is 5.69 Å². The van der Waals surface area contributed by atoms with E-state index in [4.69, 9.17) is 11.6 Å². The molecule has 0 aromatic carbocycles. The summed E-state index contributed by atoms with van der Waals surface area (Å²) in [6, 6.07) is 3.62. The van der Waals surface area contributed by atoms with Crippen LogP contribution in [0.15, 0.2) is 30.7 Å². The number of nitrogens with zero attached hydrogens (tertiary/aromatic N) is 3. The highest BCUT2D eigenvalue weighted by molar-refractivity contribution is 14.1. The highest BCUT2D eigenvalue weighted by Crippen LogP contribution is 2.12. The van der Waals surface area contributed by atoms with Crippen molar-refractivity contribution in [1.82, 2.24) is 14.8 Å². The zero-order valence-corrected chi connectivity index (χ0v) is 9.40. The van der Waals surface area contributed by atoms with Crippen LogP contribution in [-0.4, -0.2) is 14.8 Å². The first-order valence-electron chi connectivity index (χ1n) is 3.58. The highest BCUT2D eigenvalue weighted by atomic mass is 127. The number of pyridine rings is 1. The Bertz CT molecular complexity index is 427. The molecule has 0 aliphatic heterocycles. The van der Waals surface area contributed by atoms with Crippen molar-refractivity contribution in [1.29, 1.82) is 0 Å². The molecular formula is C8H5ClIN3. The van der Waals surface area contributed by atoms with E-state index in [-0.39, 0.29) is 0 Å². The van der Waals surface area contributed by atoms with E-state index >= 15 is 0 Å². The van der Waals surface area contributed by atoms with Gasteiger partial charge in [-0.05, 0) is 28.7 Å². The van der Waals surface area contributed by atoms with E-state index in [0.717, 1.165) is 9.26 Å². The van der Waals surface area contributed by atoms with Crippen molar-refractivity contribution in [2.45, 2.75) is 0 Å². The molecule has 3 nitrogen and oxygen atoms in total. The van der Waals surface area contributed by atoms with Gasteiger partial charge in [-0.1, -0.05) is 11.6 Å². The number of hydrogen-bond acceptors (Lipinski definition) is 2. The molecule has 2 heterocycles. The predicted molar refractivity (Wildman–Crippen MR) is 59.1 cm³/mol. The van der Waals surface area contributed by atoms with Gasteiger partial charge < -0.3 is 0 Å². The molecule has 0 unspecified atom stereocenters. The summed E-state index contributed by atoms with van der Waals surface area (Å²) in [6.07, 6.45) is 5.37. The van der Waals surface area contributed by atoms with Crippen molar-refractivity contribution in [2.24, 2.45) is 0 Å². The third-order valence-corrected chi connectivity index (χ3v) is 2.29. The molecule has 0 radical (unpaired) electrons. The molecule has 0 saturated carbocycles. The van der Waals surface area contributed by atoms with E-state index in [9.17, 15) is 0 Å². The Kier molecular flexibility index (Phi) is 2.50. The zero-order chi connectivity index (χ0) is 9.26. The molecule has 0 spiro atoms. The van der Waals surface area contributed by atoms with Crippen LogP contribution in [0.1, 0.15) is 0 Å². The summed E-state index contributed by atoms with van der Waals surface area (Å²) in [7, 11) is 0. The minimum absolute atomic E-state index is 0.475. The van der Waals surface area contributed by atoms with Crippen LogP contribution in [0.25, 0.3) is 5.69 Å². The first-order valence-corrected chi connectivity index (χ1v) is 5.03. The molecule has 0 bridgehead atoms. The Morgan fingerprint density at radius 2 is 2.31 bits per heavy atom. The second-order valence-electron chi connectivity index (χ2n) is 2.44. The van der Waals surface area contributed by atoms with Gasteiger partial charge in [-0.2, -0.15) is 5.10 Å². The maximum Gasteiger partial charge on any atom is 0.131 e. The minimum Gasteiger partial charge on any atom is -0.244 e. The lowest BCUT2D eigenvalue weighted by Gasteiger charge is -1.99. The monoisotopic (exact) mass is 305 g/mol. The molecule has 13 heavy (non-hydrogen) atoms. The molecule has 2 aromatic rings. The summed E-state index contributed by atoms with van der Waals surface area (Å²) in [6.45, 7) is 0. The average molecular weight is 306 g/mol. The molecule has 0 saturated heterocycles. The molecule has 5 heteroatoms. The van der Waals surface area contributed by atoms with E-state index in [1.807, 2.05) is 12.3 Å². The van der Waals surface area contributed by atoms with E-state index < -0.39 is 0 Å². The zero-order valence-electron chi connectivity index (χ0n) is 6.48. The molecule has 2 rings (SSSR count). The molecule has 66 valence electrons. The summed E-state index contributed by atoms with van der Waals surface area (Å²) >= 11 is 7.95. The number of aromatic nitrogens is 3. The van der Waals surface area contributed by atoms with Gasteiger partial charge in [0.1, 0.15) is 5.15 Å². The second-order valence-corrected chi connectivity index (χ2v) is 4.07. The Hall–Kier alpha value is -0.620. The number of hydrogen-bond donors (Lipinski definition) is 0. The quantitative estimate of drug-likeness (QED) is 0.599. The summed E-state index contributed by atoms with van der Waals surface area (Å²) in [5, 5.41) is 4.62. The normalized spacial score (nSPS) is 10.3. The maximum atomic E-state index is 5.75. The van der Waals surface area contributed by atoms with Gasteiger partial charge in [-0.15, -0.1) is 0 Å². The molecule has 0 aliphatic rings. The van der Waals surface area contributed by atoms with Gasteiger partial charge in [0.25, 0.3) is 0 Å². The van der Waals surface area contributed by atoms with E-state index in [1.165, 1.54) is 0 Å². The van der Waals surface area contributed by atoms with Gasteiger partial charge in [-0.25, -0.2) is 9.67 Å². The maximum absolute atomic E-state index is 5.75. The highest BCUT2D eigenvalue weighted by Gasteiger charge is 1.99. The second kappa shape index (κ2) is 3.63. The fourth-order valence-electron chi connectivity index (χ4n) is 0.977. The molecular weight excluding hydrogens is 300 g/mol. The minimum atomic E-state index is 0.475. The molecule has 0 fully saturated rings. The number of rotatable bonds is 1. The van der Waals surface area contributed by atoms with Gasteiger partial charge in [0.2, 0.25) is 0 Å². The van der Waals surface area contributed by atoms with Gasteiger partial charge in [0.05, 0.1) is 15.5 Å². The van der Waals surface area contributed by atoms with E-state index in [2.05, 4.69) is 32.7 Å². The van der Waals surface area contributed by atoms with Crippen molar-refractivity contribution >= 4 is 34.2 Å². The van der Waals surface area contributed by atoms with Gasteiger partial charge in [-0.3, -0.25) is 0 Å². The van der Waals surface area contributed by atoms with Crippen LogP contribution in [0.3, 0.4) is 0 Å². The Balaban J connectivity index is 2.46. The molecule has 0 aliphatic carbocycles. The van der Waals surface area contributed by atoms with Crippen LogP contribution >= 0.6 is 34.2 Å². The SMILES string of the molecule is Clc1cc(-n2cc(I)cn2)ccn1. The summed E-state index contributed by atoms with van der Waals surface area (Å²) in [4.78, 5) is 3.89. The smallest absolute Gasteiger partial charge is 0.131 e. The Morgan fingerprint density at radius 1 is 1.46 bits per heavy atom. The van der Waals surface area contributed by atoms with Crippen LogP contribution in [0.2, 0.25) is 5.15 Å². The lowest BCUT2D eigenvalue weighted by molar-refractivity contribution is 0.877. The molecule has 0 amide bonds. The fraction of sp³-hybridized carbons (Fsp3) is 0. The lowest BCUT2D eigenvalue weighted by atomic mass is 10.4. The number of halogens is 2. The fourth-order valence-corrected chi connectivity index (χ4v) is 1.53. The van der Waals surface area contributed by atoms with Crippen LogP contribution in [-0.2, 0) is 0 Å². The first kappa shape index (κ1) is 8.96. The standard InChI is InChI=1S/C8H5ClIN3/c9-8-3-7(1-2-11-8)13-5-6(10)4-12-13/h1-5H. The predicted octanol–water partition coefficient (Wildman–Crippen LogP) is 2.53. The van der Waals surface area contributed by atoms with Crippen LogP contribution in [0.4, 0.5) is 0 Å². The van der Waals surface area contributed by atoms with Gasteiger partial charge in [0, 0.05) is 18.5 Å². The first-order chi connectivity index (χ1) is 6.25. The van der Waals surface area contributed by atoms with Crippen LogP contribution < -0.4 is 0 Å². The summed E-state index contributed by atoms with van der Waals surface area (Å²) in [5.41, 5.74) is 0.919. The van der Waals surface area contributed by atoms with Gasteiger partial charge in [0.15, 0.2) is 0 Å². The third kappa shape index (κ3) is 2.00. The third-order valence-electron chi connectivity index (χ3n) is 1.53. The van der Waals surface area contributed by atoms with Gasteiger partial charge >= 0.3 is 0 Å². The Labute approximate surface area is 93.9 Å². The van der Waals surface area contributed by atoms with Crippen LogP contribution in [0.5, 0.6) is 0 Å². The van der Waals surface area contributed by atoms with Crippen molar-refractivity contribution in [3.63, 3.8) is 0 Å². The van der Waals surface area contributed by atoms with E-state index in [0.29, 0.717) is 5.15 Å². The van der Waals surface area contributed by atoms with Crippen molar-refractivity contribution < 1.29 is 0 Å². The topological polar surface area (TPSA) is 30.7 Å². The summed E-state index contributed by atoms with van der Waals surface area (Å²) < 4.78 is 2.85. The van der Waals surface area contributed by atoms with E-state index in [1.54, 1.807) is 23.1 Å². The van der Waals surface area contributed by atoms with Crippen LogP contribution in [0, 0.1) is 3.57 Å². The lowest BCUT2D eigenvalue weighted by Crippen LogP contribution is -1.93. The molecule has 0 atom stereocenters. The Morgan fingerprint density at radius 3 is 2.92 bits per heavy atom. The molecule has 2 aromatic heterocycles. The average Bonchev–Trinajstić information content (AvgIpc) is 2.52. The van der Waals surface area contributed by atoms with Crippen molar-refractivity contribution in [2.75, 3.05) is 0 Å². The van der Waals surface area contributed by atoms with Crippen molar-refractivity contribution in [3.05, 3.63) is 39.4 Å². The molecule has 0 N–H and O–H groups in total.